The van der Waals surface area contributed by atoms with E-state index in [2.05, 4.69) is 0 Å². The Hall–Kier alpha value is 0.0569. The second kappa shape index (κ2) is 3.20. The third-order valence-electron chi connectivity index (χ3n) is 1.73. The van der Waals surface area contributed by atoms with E-state index in [0.717, 1.165) is 0 Å². The van der Waals surface area contributed by atoms with E-state index in [4.69, 9.17) is 18.0 Å². The molecule has 0 N–H and O–H groups in total. The average molecular weight is 178 g/mol. The van der Waals surface area contributed by atoms with Gasteiger partial charge in [-0.15, -0.1) is 0 Å². The zero-order valence-electron chi connectivity index (χ0n) is 7.29. The summed E-state index contributed by atoms with van der Waals surface area (Å²) >= 11 is 0. The number of rotatable bonds is 4. The minimum absolute atomic E-state index is 0.119. The highest BCUT2D eigenvalue weighted by atomic mass is 28.4. The van der Waals surface area contributed by atoms with Crippen molar-refractivity contribution in [1.82, 2.24) is 0 Å². The first-order valence-electron chi connectivity index (χ1n) is 3.55. The van der Waals surface area contributed by atoms with Gasteiger partial charge in [0.25, 0.3) is 0 Å². The van der Waals surface area contributed by atoms with Gasteiger partial charge in [0, 0.05) is 20.8 Å². The lowest BCUT2D eigenvalue weighted by Gasteiger charge is -2.20. The molecule has 4 nitrogen and oxygen atoms in total. The Balaban J connectivity index is 2.32. The van der Waals surface area contributed by atoms with Crippen molar-refractivity contribution in [2.45, 2.75) is 25.9 Å². The molecule has 1 rings (SSSR count). The molecule has 0 aromatic carbocycles. The maximum absolute atomic E-state index is 5.43. The van der Waals surface area contributed by atoms with Crippen LogP contribution in [0.4, 0.5) is 0 Å². The molecular formula is C6H14O4Si. The van der Waals surface area contributed by atoms with Crippen LogP contribution in [0.2, 0.25) is 6.55 Å². The fourth-order valence-corrected chi connectivity index (χ4v) is 1.71. The summed E-state index contributed by atoms with van der Waals surface area (Å²) in [4.78, 5) is 0. The SMILES string of the molecule is CO[Si](C)(OC)OC1OC1C. The van der Waals surface area contributed by atoms with Gasteiger partial charge in [0.1, 0.15) is 6.10 Å². The van der Waals surface area contributed by atoms with Gasteiger partial charge >= 0.3 is 8.80 Å². The van der Waals surface area contributed by atoms with Crippen molar-refractivity contribution in [2.75, 3.05) is 14.2 Å². The molecule has 5 heteroatoms. The standard InChI is InChI=1S/C6H14O4Si/c1-5-6(9-5)10-11(4,7-2)8-3/h5-6H,1-4H3. The zero-order chi connectivity index (χ0) is 8.48. The van der Waals surface area contributed by atoms with Gasteiger partial charge in [-0.25, -0.2) is 0 Å². The predicted octanol–water partition coefficient (Wildman–Crippen LogP) is 0.609. The van der Waals surface area contributed by atoms with Crippen molar-refractivity contribution in [2.24, 2.45) is 0 Å². The van der Waals surface area contributed by atoms with E-state index in [-0.39, 0.29) is 12.4 Å². The van der Waals surface area contributed by atoms with Crippen LogP contribution < -0.4 is 0 Å². The summed E-state index contributed by atoms with van der Waals surface area (Å²) in [5, 5.41) is 0. The fourth-order valence-electron chi connectivity index (χ4n) is 0.680. The zero-order valence-corrected chi connectivity index (χ0v) is 8.29. The molecule has 1 aliphatic heterocycles. The highest BCUT2D eigenvalue weighted by Gasteiger charge is 2.45. The van der Waals surface area contributed by atoms with Crippen molar-refractivity contribution in [3.8, 4) is 0 Å². The molecule has 0 aromatic heterocycles. The lowest BCUT2D eigenvalue weighted by molar-refractivity contribution is 0.0585. The molecule has 1 heterocycles. The smallest absolute Gasteiger partial charge is 0.377 e. The summed E-state index contributed by atoms with van der Waals surface area (Å²) in [5.74, 6) is 0. The Bertz CT molecular complexity index is 137. The third kappa shape index (κ3) is 2.24. The van der Waals surface area contributed by atoms with Gasteiger partial charge in [0.05, 0.1) is 0 Å². The van der Waals surface area contributed by atoms with Crippen LogP contribution in [0.3, 0.4) is 0 Å². The molecule has 2 unspecified atom stereocenters. The van der Waals surface area contributed by atoms with Crippen LogP contribution in [0.5, 0.6) is 0 Å². The van der Waals surface area contributed by atoms with Crippen molar-refractivity contribution in [3.05, 3.63) is 0 Å². The van der Waals surface area contributed by atoms with E-state index in [0.29, 0.717) is 0 Å². The highest BCUT2D eigenvalue weighted by molar-refractivity contribution is 6.59. The highest BCUT2D eigenvalue weighted by Crippen LogP contribution is 2.26. The minimum atomic E-state index is -2.36. The largest absolute Gasteiger partial charge is 0.499 e. The number of hydrogen-bond acceptors (Lipinski definition) is 4. The molecule has 0 saturated carbocycles. The van der Waals surface area contributed by atoms with Gasteiger partial charge in [-0.3, -0.25) is 0 Å². The van der Waals surface area contributed by atoms with Crippen LogP contribution >= 0.6 is 0 Å². The molecule has 11 heavy (non-hydrogen) atoms. The summed E-state index contributed by atoms with van der Waals surface area (Å²) < 4.78 is 20.7. The summed E-state index contributed by atoms with van der Waals surface area (Å²) in [5.41, 5.74) is 0. The minimum Gasteiger partial charge on any atom is -0.377 e. The maximum Gasteiger partial charge on any atom is 0.499 e. The quantitative estimate of drug-likeness (QED) is 0.467. The second-order valence-corrected chi connectivity index (χ2v) is 5.38. The van der Waals surface area contributed by atoms with E-state index >= 15 is 0 Å². The molecule has 0 amide bonds. The molecule has 1 fully saturated rings. The van der Waals surface area contributed by atoms with Crippen LogP contribution in [-0.4, -0.2) is 35.4 Å². The lowest BCUT2D eigenvalue weighted by atomic mass is 10.5. The van der Waals surface area contributed by atoms with E-state index in [1.807, 2.05) is 13.5 Å². The molecule has 0 aliphatic carbocycles. The maximum atomic E-state index is 5.43. The summed E-state index contributed by atoms with van der Waals surface area (Å²) in [6.45, 7) is 3.78. The van der Waals surface area contributed by atoms with Crippen LogP contribution in [-0.2, 0) is 18.0 Å². The summed E-state index contributed by atoms with van der Waals surface area (Å²) in [6.07, 6.45) is 0.0682. The molecule has 2 atom stereocenters. The van der Waals surface area contributed by atoms with Gasteiger partial charge in [0.2, 0.25) is 0 Å². The first kappa shape index (κ1) is 9.15. The van der Waals surface area contributed by atoms with Crippen LogP contribution in [0.15, 0.2) is 0 Å². The van der Waals surface area contributed by atoms with Crippen LogP contribution in [0, 0.1) is 0 Å². The summed E-state index contributed by atoms with van der Waals surface area (Å²) in [6, 6.07) is 0. The first-order chi connectivity index (χ1) is 5.11. The Morgan fingerprint density at radius 1 is 1.27 bits per heavy atom. The monoisotopic (exact) mass is 178 g/mol. The van der Waals surface area contributed by atoms with Gasteiger partial charge < -0.3 is 18.0 Å². The molecular weight excluding hydrogens is 164 g/mol. The summed E-state index contributed by atoms with van der Waals surface area (Å²) in [7, 11) is 0.807. The number of ether oxygens (including phenoxy) is 1. The molecule has 0 bridgehead atoms. The van der Waals surface area contributed by atoms with Crippen molar-refractivity contribution < 1.29 is 18.0 Å². The molecule has 0 aromatic rings. The van der Waals surface area contributed by atoms with Crippen LogP contribution in [0.25, 0.3) is 0 Å². The number of hydrogen-bond donors (Lipinski definition) is 0. The average Bonchev–Trinajstić information content (AvgIpc) is 2.66. The normalized spacial score (nSPS) is 30.5. The van der Waals surface area contributed by atoms with Gasteiger partial charge in [-0.1, -0.05) is 0 Å². The van der Waals surface area contributed by atoms with Crippen molar-refractivity contribution in [1.29, 1.82) is 0 Å². The van der Waals surface area contributed by atoms with Gasteiger partial charge in [-0.05, 0) is 6.92 Å². The fraction of sp³-hybridized carbons (Fsp3) is 1.00. The van der Waals surface area contributed by atoms with E-state index in [1.54, 1.807) is 14.2 Å². The molecule has 1 saturated heterocycles. The topological polar surface area (TPSA) is 40.2 Å². The van der Waals surface area contributed by atoms with E-state index < -0.39 is 8.80 Å². The Morgan fingerprint density at radius 3 is 2.00 bits per heavy atom. The molecule has 66 valence electrons. The van der Waals surface area contributed by atoms with Crippen molar-refractivity contribution >= 4 is 8.80 Å². The Kier molecular flexibility index (Phi) is 2.66. The van der Waals surface area contributed by atoms with Crippen molar-refractivity contribution in [3.63, 3.8) is 0 Å². The van der Waals surface area contributed by atoms with Gasteiger partial charge in [-0.2, -0.15) is 0 Å². The van der Waals surface area contributed by atoms with E-state index in [9.17, 15) is 0 Å². The van der Waals surface area contributed by atoms with E-state index in [1.165, 1.54) is 0 Å². The molecule has 0 spiro atoms. The third-order valence-corrected chi connectivity index (χ3v) is 3.87. The molecule has 1 aliphatic rings. The van der Waals surface area contributed by atoms with Crippen LogP contribution in [0.1, 0.15) is 6.92 Å². The first-order valence-corrected chi connectivity index (χ1v) is 5.77. The Labute approximate surface area is 67.8 Å². The second-order valence-electron chi connectivity index (χ2n) is 2.60. The molecule has 0 radical (unpaired) electrons. The predicted molar refractivity (Wildman–Crippen MR) is 41.1 cm³/mol. The Morgan fingerprint density at radius 2 is 1.73 bits per heavy atom. The van der Waals surface area contributed by atoms with Gasteiger partial charge in [0.15, 0.2) is 6.29 Å². The lowest BCUT2D eigenvalue weighted by Crippen LogP contribution is -2.41. The number of epoxide rings is 1.